The molecule has 44 heavy (non-hydrogen) atoms. The molecule has 0 saturated heterocycles. The van der Waals surface area contributed by atoms with Crippen LogP contribution in [0.4, 0.5) is 32.0 Å². The Morgan fingerprint density at radius 3 is 1.93 bits per heavy atom. The van der Waals surface area contributed by atoms with Gasteiger partial charge < -0.3 is 5.73 Å². The molecule has 0 saturated carbocycles. The standard InChI is InChI=1S/C26H19F6N5O5S2/c27-25(28,29)14-9-15(26(30,31)32)11-19(10-14)44(41,42)36-16-3-1-13-2-8-20-22(24(33)38)35-37(23(20)21(13)12-16)17-4-6-18(7-5-17)43(34,39)40/h1,3-7,9-12,36H,2,8H2,(H2,33,38)(H2,34,39,40). The van der Waals surface area contributed by atoms with Crippen molar-refractivity contribution in [2.45, 2.75) is 35.0 Å². The highest BCUT2D eigenvalue weighted by Gasteiger charge is 2.38. The average Bonchev–Trinajstić information content (AvgIpc) is 3.32. The topological polar surface area (TPSA) is 167 Å². The molecule has 0 fully saturated rings. The third-order valence-electron chi connectivity index (χ3n) is 6.76. The maximum atomic E-state index is 13.3. The van der Waals surface area contributed by atoms with Crippen molar-refractivity contribution in [3.05, 3.63) is 88.6 Å². The van der Waals surface area contributed by atoms with Gasteiger partial charge in [0.2, 0.25) is 10.0 Å². The molecule has 4 aromatic rings. The normalized spacial score (nSPS) is 13.7. The molecular weight excluding hydrogens is 640 g/mol. The summed E-state index contributed by atoms with van der Waals surface area (Å²) < 4.78 is 133. The van der Waals surface area contributed by atoms with Crippen LogP contribution >= 0.6 is 0 Å². The number of benzene rings is 3. The van der Waals surface area contributed by atoms with Crippen LogP contribution in [0.2, 0.25) is 0 Å². The number of nitrogens with one attached hydrogen (secondary N) is 1. The Morgan fingerprint density at radius 2 is 1.41 bits per heavy atom. The van der Waals surface area contributed by atoms with Gasteiger partial charge in [-0.15, -0.1) is 0 Å². The van der Waals surface area contributed by atoms with E-state index in [-0.39, 0.29) is 52.3 Å². The molecule has 5 rings (SSSR count). The van der Waals surface area contributed by atoms with Crippen molar-refractivity contribution >= 4 is 31.6 Å². The summed E-state index contributed by atoms with van der Waals surface area (Å²) in [6, 6.07) is 9.14. The van der Waals surface area contributed by atoms with Crippen molar-refractivity contribution in [3.63, 3.8) is 0 Å². The highest BCUT2D eigenvalue weighted by atomic mass is 32.2. The van der Waals surface area contributed by atoms with Crippen LogP contribution in [-0.2, 0) is 45.2 Å². The highest BCUT2D eigenvalue weighted by molar-refractivity contribution is 7.92. The number of carbonyl (C=O) groups is 1. The fraction of sp³-hybridized carbons (Fsp3) is 0.154. The summed E-state index contributed by atoms with van der Waals surface area (Å²) in [6.07, 6.45) is -9.91. The van der Waals surface area contributed by atoms with Gasteiger partial charge in [0.05, 0.1) is 32.3 Å². The highest BCUT2D eigenvalue weighted by Crippen LogP contribution is 2.40. The van der Waals surface area contributed by atoms with E-state index in [1.165, 1.54) is 47.1 Å². The number of rotatable bonds is 6. The second-order valence-electron chi connectivity index (χ2n) is 9.71. The Hall–Kier alpha value is -4.42. The number of amides is 1. The van der Waals surface area contributed by atoms with Gasteiger partial charge in [0.1, 0.15) is 0 Å². The Kier molecular flexibility index (Phi) is 7.29. The smallest absolute Gasteiger partial charge is 0.364 e. The lowest BCUT2D eigenvalue weighted by Crippen LogP contribution is -2.18. The molecule has 18 heteroatoms. The molecule has 0 unspecified atom stereocenters. The molecule has 1 aromatic heterocycles. The Bertz CT molecular complexity index is 2010. The summed E-state index contributed by atoms with van der Waals surface area (Å²) >= 11 is 0. The average molecular weight is 660 g/mol. The van der Waals surface area contributed by atoms with E-state index in [0.29, 0.717) is 23.1 Å². The van der Waals surface area contributed by atoms with E-state index in [1.807, 2.05) is 4.72 Å². The first kappa shape index (κ1) is 31.0. The molecule has 0 atom stereocenters. The molecule has 0 spiro atoms. The minimum atomic E-state index is -5.27. The third-order valence-corrected chi connectivity index (χ3v) is 9.05. The van der Waals surface area contributed by atoms with Crippen molar-refractivity contribution in [2.24, 2.45) is 10.9 Å². The molecule has 1 aliphatic rings. The summed E-state index contributed by atoms with van der Waals surface area (Å²) in [5.41, 5.74) is 3.47. The van der Waals surface area contributed by atoms with Crippen molar-refractivity contribution in [1.29, 1.82) is 0 Å². The number of primary sulfonamides is 1. The first-order chi connectivity index (χ1) is 20.3. The molecule has 5 N–H and O–H groups in total. The van der Waals surface area contributed by atoms with E-state index in [0.717, 1.165) is 0 Å². The molecule has 0 bridgehead atoms. The van der Waals surface area contributed by atoms with Gasteiger partial charge in [0.15, 0.2) is 5.69 Å². The quantitative estimate of drug-likeness (QED) is 0.262. The van der Waals surface area contributed by atoms with Gasteiger partial charge in [-0.25, -0.2) is 26.7 Å². The van der Waals surface area contributed by atoms with E-state index in [1.54, 1.807) is 0 Å². The number of aromatic nitrogens is 2. The molecule has 3 aromatic carbocycles. The zero-order chi connectivity index (χ0) is 32.4. The van der Waals surface area contributed by atoms with Gasteiger partial charge in [-0.1, -0.05) is 6.07 Å². The number of primary amides is 1. The minimum absolute atomic E-state index is 0.0908. The number of nitrogens with two attached hydrogens (primary N) is 2. The molecule has 10 nitrogen and oxygen atoms in total. The lowest BCUT2D eigenvalue weighted by molar-refractivity contribution is -0.143. The number of carbonyl (C=O) groups excluding carboxylic acids is 1. The van der Waals surface area contributed by atoms with Crippen LogP contribution < -0.4 is 15.6 Å². The summed E-state index contributed by atoms with van der Waals surface area (Å²) in [5.74, 6) is -0.883. The van der Waals surface area contributed by atoms with Crippen molar-refractivity contribution in [1.82, 2.24) is 9.78 Å². The third kappa shape index (κ3) is 5.87. The van der Waals surface area contributed by atoms with Crippen molar-refractivity contribution < 1.29 is 48.0 Å². The molecule has 0 aliphatic heterocycles. The Morgan fingerprint density at radius 1 is 0.818 bits per heavy atom. The maximum absolute atomic E-state index is 13.3. The number of hydrogen-bond donors (Lipinski definition) is 3. The molecule has 1 aliphatic carbocycles. The number of anilines is 1. The Labute approximate surface area is 245 Å². The summed E-state index contributed by atoms with van der Waals surface area (Å²) in [5, 5.41) is 9.43. The molecule has 0 radical (unpaired) electrons. The van der Waals surface area contributed by atoms with Crippen LogP contribution in [0.5, 0.6) is 0 Å². The molecule has 232 valence electrons. The Balaban J connectivity index is 1.61. The van der Waals surface area contributed by atoms with Crippen molar-refractivity contribution in [2.75, 3.05) is 4.72 Å². The van der Waals surface area contributed by atoms with E-state index >= 15 is 0 Å². The number of alkyl halides is 6. The zero-order valence-corrected chi connectivity index (χ0v) is 23.5. The van der Waals surface area contributed by atoms with Crippen LogP contribution in [0.3, 0.4) is 0 Å². The first-order valence-electron chi connectivity index (χ1n) is 12.3. The van der Waals surface area contributed by atoms with E-state index in [4.69, 9.17) is 10.9 Å². The number of aryl methyl sites for hydroxylation is 1. The van der Waals surface area contributed by atoms with E-state index in [9.17, 15) is 48.0 Å². The second-order valence-corrected chi connectivity index (χ2v) is 13.0. The zero-order valence-electron chi connectivity index (χ0n) is 21.9. The number of nitrogens with zero attached hydrogens (tertiary/aromatic N) is 2. The van der Waals surface area contributed by atoms with Gasteiger partial charge in [-0.05, 0) is 73.0 Å². The summed E-state index contributed by atoms with van der Waals surface area (Å²) in [7, 11) is -9.02. The van der Waals surface area contributed by atoms with Gasteiger partial charge >= 0.3 is 12.4 Å². The van der Waals surface area contributed by atoms with Crippen molar-refractivity contribution in [3.8, 4) is 16.9 Å². The van der Waals surface area contributed by atoms with Crippen LogP contribution in [0.15, 0.2) is 70.5 Å². The van der Waals surface area contributed by atoms with Crippen LogP contribution in [0.25, 0.3) is 16.9 Å². The lowest BCUT2D eigenvalue weighted by Gasteiger charge is -2.20. The first-order valence-corrected chi connectivity index (χ1v) is 15.3. The van der Waals surface area contributed by atoms with Crippen LogP contribution in [-0.4, -0.2) is 32.5 Å². The maximum Gasteiger partial charge on any atom is 0.416 e. The number of fused-ring (bicyclic) bond motifs is 3. The summed E-state index contributed by atoms with van der Waals surface area (Å²) in [4.78, 5) is 10.7. The van der Waals surface area contributed by atoms with E-state index in [2.05, 4.69) is 5.10 Å². The second kappa shape index (κ2) is 10.3. The van der Waals surface area contributed by atoms with Gasteiger partial charge in [0.25, 0.3) is 15.9 Å². The number of halogens is 6. The monoisotopic (exact) mass is 659 g/mol. The fourth-order valence-electron chi connectivity index (χ4n) is 4.76. The van der Waals surface area contributed by atoms with Crippen LogP contribution in [0, 0.1) is 0 Å². The van der Waals surface area contributed by atoms with E-state index < -0.39 is 54.3 Å². The number of hydrogen-bond acceptors (Lipinski definition) is 6. The number of sulfonamides is 2. The van der Waals surface area contributed by atoms with Gasteiger partial charge in [-0.2, -0.15) is 31.4 Å². The van der Waals surface area contributed by atoms with Gasteiger partial charge in [-0.3, -0.25) is 9.52 Å². The molecule has 1 heterocycles. The predicted molar refractivity (Wildman–Crippen MR) is 144 cm³/mol. The lowest BCUT2D eigenvalue weighted by atomic mass is 9.88. The SMILES string of the molecule is NC(=O)c1nn(-c2ccc(S(N)(=O)=O)cc2)c2c1CCc1ccc(NS(=O)(=O)c3cc(C(F)(F)F)cc(C(F)(F)F)c3)cc1-2. The molecular formula is C26H19F6N5O5S2. The minimum Gasteiger partial charge on any atom is -0.364 e. The molecule has 1 amide bonds. The fourth-order valence-corrected chi connectivity index (χ4v) is 6.39. The predicted octanol–water partition coefficient (Wildman–Crippen LogP) is 4.22. The van der Waals surface area contributed by atoms with Crippen LogP contribution in [0.1, 0.15) is 32.7 Å². The van der Waals surface area contributed by atoms with Gasteiger partial charge in [0, 0.05) is 16.8 Å². The summed E-state index contributed by atoms with van der Waals surface area (Å²) in [6.45, 7) is 0. The largest absolute Gasteiger partial charge is 0.416 e.